The summed E-state index contributed by atoms with van der Waals surface area (Å²) in [6, 6.07) is 21.1. The van der Waals surface area contributed by atoms with Crippen LogP contribution in [0.25, 0.3) is 11.0 Å². The summed E-state index contributed by atoms with van der Waals surface area (Å²) in [5.41, 5.74) is 4.58. The molecule has 158 valence electrons. The second kappa shape index (κ2) is 9.23. The number of carbonyl (C=O) groups is 1. The minimum atomic E-state index is -0.116. The minimum Gasteiger partial charge on any atom is -0.492 e. The Labute approximate surface area is 186 Å². The highest BCUT2D eigenvalue weighted by Gasteiger charge is 2.13. The van der Waals surface area contributed by atoms with Gasteiger partial charge < -0.3 is 14.6 Å². The van der Waals surface area contributed by atoms with Gasteiger partial charge in [-0.1, -0.05) is 41.4 Å². The molecule has 4 aromatic rings. The molecule has 0 aliphatic heterocycles. The van der Waals surface area contributed by atoms with Crippen LogP contribution >= 0.6 is 11.6 Å². The van der Waals surface area contributed by atoms with E-state index in [9.17, 15) is 4.79 Å². The zero-order valence-corrected chi connectivity index (χ0v) is 18.3. The molecule has 0 saturated carbocycles. The molecule has 6 heteroatoms. The zero-order valence-electron chi connectivity index (χ0n) is 17.6. The molecule has 0 spiro atoms. The van der Waals surface area contributed by atoms with E-state index in [4.69, 9.17) is 21.3 Å². The highest BCUT2D eigenvalue weighted by Crippen LogP contribution is 2.21. The lowest BCUT2D eigenvalue weighted by Gasteiger charge is -2.12. The fraction of sp³-hybridized carbons (Fsp3) is 0.200. The number of nitrogens with one attached hydrogen (secondary N) is 1. The number of benzene rings is 3. The number of hydrogen-bond acceptors (Lipinski definition) is 3. The van der Waals surface area contributed by atoms with E-state index in [-0.39, 0.29) is 5.91 Å². The van der Waals surface area contributed by atoms with E-state index in [0.717, 1.165) is 38.8 Å². The monoisotopic (exact) mass is 433 g/mol. The lowest BCUT2D eigenvalue weighted by molar-refractivity contribution is 0.0949. The second-order valence-electron chi connectivity index (χ2n) is 7.48. The summed E-state index contributed by atoms with van der Waals surface area (Å²) < 4.78 is 8.02. The first kappa shape index (κ1) is 20.9. The van der Waals surface area contributed by atoms with Crippen LogP contribution < -0.4 is 10.1 Å². The van der Waals surface area contributed by atoms with Crippen LogP contribution in [0.1, 0.15) is 27.3 Å². The molecule has 0 unspecified atom stereocenters. The van der Waals surface area contributed by atoms with Crippen LogP contribution in [0.3, 0.4) is 0 Å². The number of nitrogens with zero attached hydrogens (tertiary/aromatic N) is 2. The number of aryl methyl sites for hydroxylation is 2. The molecule has 1 amide bonds. The molecular weight excluding hydrogens is 410 g/mol. The molecule has 0 aliphatic rings. The average Bonchev–Trinajstić information content (AvgIpc) is 3.12. The van der Waals surface area contributed by atoms with Crippen LogP contribution in [0, 0.1) is 13.8 Å². The summed E-state index contributed by atoms with van der Waals surface area (Å²) in [5.74, 6) is 1.45. The normalized spacial score (nSPS) is 10.9. The molecule has 1 heterocycles. The number of rotatable bonds is 7. The molecule has 3 aromatic carbocycles. The van der Waals surface area contributed by atoms with Crippen LogP contribution in [-0.4, -0.2) is 22.1 Å². The molecule has 31 heavy (non-hydrogen) atoms. The summed E-state index contributed by atoms with van der Waals surface area (Å²) in [6.07, 6.45) is 0. The van der Waals surface area contributed by atoms with Gasteiger partial charge in [0.1, 0.15) is 18.2 Å². The third kappa shape index (κ3) is 4.89. The number of carbonyl (C=O) groups excluding carboxylic acids is 1. The number of aromatic nitrogens is 2. The van der Waals surface area contributed by atoms with Gasteiger partial charge in [0, 0.05) is 10.6 Å². The smallest absolute Gasteiger partial charge is 0.251 e. The Morgan fingerprint density at radius 1 is 1.06 bits per heavy atom. The first-order valence-corrected chi connectivity index (χ1v) is 10.6. The van der Waals surface area contributed by atoms with Crippen molar-refractivity contribution in [1.29, 1.82) is 0 Å². The van der Waals surface area contributed by atoms with Crippen molar-refractivity contribution in [3.05, 3.63) is 94.3 Å². The van der Waals surface area contributed by atoms with Gasteiger partial charge in [-0.2, -0.15) is 0 Å². The van der Waals surface area contributed by atoms with E-state index in [1.165, 1.54) is 0 Å². The van der Waals surface area contributed by atoms with E-state index >= 15 is 0 Å². The topological polar surface area (TPSA) is 56.2 Å². The van der Waals surface area contributed by atoms with Crippen molar-refractivity contribution in [3.63, 3.8) is 0 Å². The highest BCUT2D eigenvalue weighted by atomic mass is 35.5. The van der Waals surface area contributed by atoms with Gasteiger partial charge in [0.15, 0.2) is 0 Å². The predicted molar refractivity (Wildman–Crippen MR) is 124 cm³/mol. The number of fused-ring (bicyclic) bond motifs is 1. The van der Waals surface area contributed by atoms with Crippen molar-refractivity contribution in [1.82, 2.24) is 14.9 Å². The van der Waals surface area contributed by atoms with Crippen molar-refractivity contribution < 1.29 is 9.53 Å². The van der Waals surface area contributed by atoms with Gasteiger partial charge in [0.25, 0.3) is 5.91 Å². The summed E-state index contributed by atoms with van der Waals surface area (Å²) in [4.78, 5) is 17.3. The molecule has 0 atom stereocenters. The van der Waals surface area contributed by atoms with E-state index < -0.39 is 0 Å². The fourth-order valence-corrected chi connectivity index (χ4v) is 3.64. The maximum atomic E-state index is 12.6. The van der Waals surface area contributed by atoms with Crippen LogP contribution in [0.5, 0.6) is 5.75 Å². The molecule has 0 radical (unpaired) electrons. The van der Waals surface area contributed by atoms with Crippen molar-refractivity contribution in [2.24, 2.45) is 0 Å². The molecule has 0 saturated heterocycles. The van der Waals surface area contributed by atoms with Gasteiger partial charge in [-0.05, 0) is 61.9 Å². The van der Waals surface area contributed by atoms with Crippen LogP contribution in [0.2, 0.25) is 5.02 Å². The SMILES string of the molecule is Cc1cccc(C(=O)NCc2nc3ccccc3n2CCOc2ccc(Cl)c(C)c2)c1. The summed E-state index contributed by atoms with van der Waals surface area (Å²) in [7, 11) is 0. The third-order valence-corrected chi connectivity index (χ3v) is 5.56. The lowest BCUT2D eigenvalue weighted by Crippen LogP contribution is -2.25. The molecule has 1 aromatic heterocycles. The molecule has 1 N–H and O–H groups in total. The van der Waals surface area contributed by atoms with Gasteiger partial charge in [0.2, 0.25) is 0 Å². The average molecular weight is 434 g/mol. The van der Waals surface area contributed by atoms with Gasteiger partial charge >= 0.3 is 0 Å². The molecule has 0 fully saturated rings. The first-order valence-electron chi connectivity index (χ1n) is 10.2. The Hall–Kier alpha value is -3.31. The molecular formula is C25H24ClN3O2. The van der Waals surface area contributed by atoms with Gasteiger partial charge in [-0.15, -0.1) is 0 Å². The number of para-hydroxylation sites is 2. The number of amides is 1. The van der Waals surface area contributed by atoms with Crippen LogP contribution in [-0.2, 0) is 13.1 Å². The quantitative estimate of drug-likeness (QED) is 0.429. The Bertz CT molecular complexity index is 1230. The van der Waals surface area contributed by atoms with Crippen molar-refractivity contribution >= 4 is 28.5 Å². The summed E-state index contributed by atoms with van der Waals surface area (Å²) >= 11 is 6.09. The Balaban J connectivity index is 1.48. The second-order valence-corrected chi connectivity index (χ2v) is 7.89. The maximum Gasteiger partial charge on any atom is 0.251 e. The minimum absolute atomic E-state index is 0.116. The first-order chi connectivity index (χ1) is 15.0. The largest absolute Gasteiger partial charge is 0.492 e. The summed E-state index contributed by atoms with van der Waals surface area (Å²) in [5, 5.41) is 3.71. The fourth-order valence-electron chi connectivity index (χ4n) is 3.52. The Kier molecular flexibility index (Phi) is 6.23. The van der Waals surface area contributed by atoms with Crippen molar-refractivity contribution in [2.45, 2.75) is 26.9 Å². The maximum absolute atomic E-state index is 12.6. The van der Waals surface area contributed by atoms with E-state index in [0.29, 0.717) is 25.3 Å². The highest BCUT2D eigenvalue weighted by molar-refractivity contribution is 6.31. The Morgan fingerprint density at radius 2 is 1.90 bits per heavy atom. The van der Waals surface area contributed by atoms with Crippen molar-refractivity contribution in [2.75, 3.05) is 6.61 Å². The predicted octanol–water partition coefficient (Wildman–Crippen LogP) is 5.32. The molecule has 0 aliphatic carbocycles. The molecule has 5 nitrogen and oxygen atoms in total. The van der Waals surface area contributed by atoms with E-state index in [1.807, 2.05) is 80.6 Å². The van der Waals surface area contributed by atoms with Gasteiger partial charge in [-0.3, -0.25) is 4.79 Å². The number of hydrogen-bond donors (Lipinski definition) is 1. The van der Waals surface area contributed by atoms with Crippen LogP contribution in [0.15, 0.2) is 66.7 Å². The van der Waals surface area contributed by atoms with E-state index in [2.05, 4.69) is 9.88 Å². The zero-order chi connectivity index (χ0) is 21.8. The standard InChI is InChI=1S/C25H24ClN3O2/c1-17-6-5-7-19(14-17)25(30)27-16-24-28-22-8-3-4-9-23(22)29(24)12-13-31-20-10-11-21(26)18(2)15-20/h3-11,14-15H,12-13,16H2,1-2H3,(H,27,30). The van der Waals surface area contributed by atoms with Crippen LogP contribution in [0.4, 0.5) is 0 Å². The summed E-state index contributed by atoms with van der Waals surface area (Å²) in [6.45, 7) is 5.34. The number of halogens is 1. The molecule has 4 rings (SSSR count). The number of ether oxygens (including phenoxy) is 1. The van der Waals surface area contributed by atoms with E-state index in [1.54, 1.807) is 0 Å². The van der Waals surface area contributed by atoms with Gasteiger partial charge in [-0.25, -0.2) is 4.98 Å². The Morgan fingerprint density at radius 3 is 2.71 bits per heavy atom. The molecule has 0 bridgehead atoms. The number of imidazole rings is 1. The lowest BCUT2D eigenvalue weighted by atomic mass is 10.1. The van der Waals surface area contributed by atoms with Gasteiger partial charge in [0.05, 0.1) is 24.1 Å². The van der Waals surface area contributed by atoms with Crippen molar-refractivity contribution in [3.8, 4) is 5.75 Å². The third-order valence-electron chi connectivity index (χ3n) is 5.13.